The van der Waals surface area contributed by atoms with E-state index < -0.39 is 79.3 Å². The molecule has 0 saturated carbocycles. The third-order valence-electron chi connectivity index (χ3n) is 5.21. The highest BCUT2D eigenvalue weighted by molar-refractivity contribution is 5.95. The first kappa shape index (κ1) is 31.0. The first-order valence-corrected chi connectivity index (χ1v) is 11.5. The van der Waals surface area contributed by atoms with E-state index in [4.69, 9.17) is 16.6 Å². The largest absolute Gasteiger partial charge is 0.481 e. The van der Waals surface area contributed by atoms with Crippen molar-refractivity contribution in [2.45, 2.75) is 56.3 Å². The van der Waals surface area contributed by atoms with Crippen molar-refractivity contribution in [3.63, 3.8) is 0 Å². The zero-order chi connectivity index (χ0) is 28.0. The molecule has 37 heavy (non-hydrogen) atoms. The minimum Gasteiger partial charge on any atom is -0.481 e. The molecule has 0 unspecified atom stereocenters. The minimum atomic E-state index is -1.54. The Morgan fingerprint density at radius 2 is 1.68 bits per heavy atom. The summed E-state index contributed by atoms with van der Waals surface area (Å²) in [6.07, 6.45) is 0.737. The van der Waals surface area contributed by atoms with Gasteiger partial charge in [0, 0.05) is 6.54 Å². The monoisotopic (exact) mass is 530 g/mol. The molecule has 1 saturated heterocycles. The number of hydrogen-bond donors (Lipinski definition) is 10. The Morgan fingerprint density at radius 3 is 2.22 bits per heavy atom. The van der Waals surface area contributed by atoms with E-state index in [0.717, 1.165) is 6.42 Å². The number of nitrogens with two attached hydrogens (primary N) is 2. The van der Waals surface area contributed by atoms with Crippen LogP contribution < -0.4 is 38.1 Å². The molecule has 4 amide bonds. The van der Waals surface area contributed by atoms with Crippen LogP contribution in [0.4, 0.5) is 0 Å². The molecule has 0 aliphatic carbocycles. The Kier molecular flexibility index (Phi) is 13.3. The van der Waals surface area contributed by atoms with Crippen molar-refractivity contribution in [3.8, 4) is 0 Å². The van der Waals surface area contributed by atoms with Crippen LogP contribution in [0.3, 0.4) is 0 Å². The van der Waals surface area contributed by atoms with Crippen LogP contribution in [-0.2, 0) is 28.8 Å². The molecule has 17 heteroatoms. The van der Waals surface area contributed by atoms with Crippen molar-refractivity contribution >= 4 is 41.5 Å². The van der Waals surface area contributed by atoms with Gasteiger partial charge in [0.15, 0.2) is 5.96 Å². The van der Waals surface area contributed by atoms with Gasteiger partial charge in [-0.25, -0.2) is 4.79 Å². The highest BCUT2D eigenvalue weighted by atomic mass is 16.4. The Morgan fingerprint density at radius 1 is 0.973 bits per heavy atom. The SMILES string of the molecule is NC(N)=NCCC[C@H](NC(=O)[C@H](CO)NC(=O)CNC(=O)[C@H](CC(=O)O)NC(=O)[C@@H]1CCCN1)C(=O)O. The molecule has 1 heterocycles. The number of hydrogen-bond acceptors (Lipinski definition) is 9. The van der Waals surface area contributed by atoms with E-state index in [2.05, 4.69) is 31.6 Å². The van der Waals surface area contributed by atoms with Gasteiger partial charge in [0.2, 0.25) is 23.6 Å². The number of carbonyl (C=O) groups is 6. The predicted molar refractivity (Wildman–Crippen MR) is 127 cm³/mol. The molecule has 1 rings (SSSR count). The molecule has 1 aliphatic heterocycles. The van der Waals surface area contributed by atoms with E-state index in [1.54, 1.807) is 0 Å². The van der Waals surface area contributed by atoms with Gasteiger partial charge in [-0.15, -0.1) is 0 Å². The lowest BCUT2D eigenvalue weighted by atomic mass is 10.1. The van der Waals surface area contributed by atoms with Crippen LogP contribution in [0.25, 0.3) is 0 Å². The molecule has 1 aliphatic rings. The smallest absolute Gasteiger partial charge is 0.326 e. The molecule has 0 aromatic carbocycles. The van der Waals surface area contributed by atoms with E-state index in [1.165, 1.54) is 0 Å². The number of guanidine groups is 1. The third kappa shape index (κ3) is 12.0. The predicted octanol–water partition coefficient (Wildman–Crippen LogP) is -5.09. The summed E-state index contributed by atoms with van der Waals surface area (Å²) in [4.78, 5) is 75.4. The van der Waals surface area contributed by atoms with Gasteiger partial charge >= 0.3 is 11.9 Å². The Balaban J connectivity index is 2.61. The van der Waals surface area contributed by atoms with Gasteiger partial charge in [-0.3, -0.25) is 29.0 Å². The van der Waals surface area contributed by atoms with Crippen molar-refractivity contribution in [3.05, 3.63) is 0 Å². The summed E-state index contributed by atoms with van der Waals surface area (Å²) in [5, 5.41) is 39.5. The molecule has 4 atom stereocenters. The second-order valence-electron chi connectivity index (χ2n) is 8.18. The van der Waals surface area contributed by atoms with E-state index >= 15 is 0 Å². The Labute approximate surface area is 211 Å². The van der Waals surface area contributed by atoms with Gasteiger partial charge < -0.3 is 53.4 Å². The number of aliphatic carboxylic acids is 2. The van der Waals surface area contributed by atoms with E-state index in [-0.39, 0.29) is 25.3 Å². The number of rotatable bonds is 16. The maximum Gasteiger partial charge on any atom is 0.326 e. The van der Waals surface area contributed by atoms with Crippen molar-refractivity contribution in [2.24, 2.45) is 16.5 Å². The standard InChI is InChI=1S/C20H34N8O9/c21-20(22)24-6-2-4-11(19(36)37)27-18(35)13(9-29)26-14(30)8-25-16(33)12(7-15(31)32)28-17(34)10-3-1-5-23-10/h10-13,23,29H,1-9H2,(H,25,33)(H,26,30)(H,27,35)(H,28,34)(H,31,32)(H,36,37)(H4,21,22,24)/t10-,11-,12-,13-/m0/s1. The van der Waals surface area contributed by atoms with Gasteiger partial charge in [0.1, 0.15) is 18.1 Å². The number of carboxylic acid groups (broad SMARTS) is 2. The van der Waals surface area contributed by atoms with E-state index in [0.29, 0.717) is 13.0 Å². The lowest BCUT2D eigenvalue weighted by Crippen LogP contribution is -2.56. The van der Waals surface area contributed by atoms with Crippen molar-refractivity contribution in [1.82, 2.24) is 26.6 Å². The van der Waals surface area contributed by atoms with Gasteiger partial charge in [-0.2, -0.15) is 0 Å². The van der Waals surface area contributed by atoms with Gasteiger partial charge in [0.25, 0.3) is 0 Å². The first-order valence-electron chi connectivity index (χ1n) is 11.5. The summed E-state index contributed by atoms with van der Waals surface area (Å²) < 4.78 is 0. The van der Waals surface area contributed by atoms with Crippen LogP contribution in [-0.4, -0.2) is 107 Å². The van der Waals surface area contributed by atoms with Crippen LogP contribution in [0.15, 0.2) is 4.99 Å². The molecule has 0 bridgehead atoms. The highest BCUT2D eigenvalue weighted by Crippen LogP contribution is 2.06. The maximum absolute atomic E-state index is 12.4. The quantitative estimate of drug-likeness (QED) is 0.0509. The molecule has 12 N–H and O–H groups in total. The number of aliphatic hydroxyl groups is 1. The number of carbonyl (C=O) groups excluding carboxylic acids is 4. The third-order valence-corrected chi connectivity index (χ3v) is 5.21. The fraction of sp³-hybridized carbons (Fsp3) is 0.650. The minimum absolute atomic E-state index is 0.0347. The summed E-state index contributed by atoms with van der Waals surface area (Å²) in [5.74, 6) is -6.29. The maximum atomic E-state index is 12.4. The number of nitrogens with one attached hydrogen (secondary N) is 5. The number of carboxylic acids is 2. The summed E-state index contributed by atoms with van der Waals surface area (Å²) >= 11 is 0. The number of nitrogens with zero attached hydrogens (tertiary/aromatic N) is 1. The fourth-order valence-corrected chi connectivity index (χ4v) is 3.33. The van der Waals surface area contributed by atoms with Crippen molar-refractivity contribution < 1.29 is 44.1 Å². The molecule has 17 nitrogen and oxygen atoms in total. The van der Waals surface area contributed by atoms with Crippen LogP contribution in [0, 0.1) is 0 Å². The number of amides is 4. The molecular weight excluding hydrogens is 496 g/mol. The van der Waals surface area contributed by atoms with Gasteiger partial charge in [-0.1, -0.05) is 0 Å². The molecule has 0 aromatic heterocycles. The van der Waals surface area contributed by atoms with Crippen LogP contribution >= 0.6 is 0 Å². The van der Waals surface area contributed by atoms with Crippen molar-refractivity contribution in [2.75, 3.05) is 26.2 Å². The number of aliphatic hydroxyl groups excluding tert-OH is 1. The second kappa shape index (κ2) is 15.9. The lowest BCUT2D eigenvalue weighted by molar-refractivity contribution is -0.142. The Bertz CT molecular complexity index is 872. The van der Waals surface area contributed by atoms with Gasteiger partial charge in [0.05, 0.1) is 25.6 Å². The topological polar surface area (TPSA) is 288 Å². The zero-order valence-electron chi connectivity index (χ0n) is 20.1. The molecule has 208 valence electrons. The zero-order valence-corrected chi connectivity index (χ0v) is 20.1. The summed E-state index contributed by atoms with van der Waals surface area (Å²) in [6.45, 7) is -0.851. The second-order valence-corrected chi connectivity index (χ2v) is 8.18. The van der Waals surface area contributed by atoms with E-state index in [9.17, 15) is 39.0 Å². The normalized spacial score (nSPS) is 16.9. The summed E-state index contributed by atoms with van der Waals surface area (Å²) in [7, 11) is 0. The fourth-order valence-electron chi connectivity index (χ4n) is 3.33. The van der Waals surface area contributed by atoms with E-state index in [1.807, 2.05) is 0 Å². The first-order chi connectivity index (χ1) is 17.4. The molecule has 0 aromatic rings. The molecule has 0 radical (unpaired) electrons. The van der Waals surface area contributed by atoms with Gasteiger partial charge in [-0.05, 0) is 32.2 Å². The molecule has 0 spiro atoms. The Hall–Kier alpha value is -3.99. The molecule has 1 fully saturated rings. The van der Waals surface area contributed by atoms with Crippen LogP contribution in [0.1, 0.15) is 32.1 Å². The number of aliphatic imine (C=N–C) groups is 1. The van der Waals surface area contributed by atoms with Crippen molar-refractivity contribution in [1.29, 1.82) is 0 Å². The molecular formula is C20H34N8O9. The highest BCUT2D eigenvalue weighted by Gasteiger charge is 2.30. The van der Waals surface area contributed by atoms with Crippen LogP contribution in [0.5, 0.6) is 0 Å². The average molecular weight is 531 g/mol. The average Bonchev–Trinajstić information content (AvgIpc) is 3.37. The summed E-state index contributed by atoms with van der Waals surface area (Å²) in [6, 6.07) is -4.89. The summed E-state index contributed by atoms with van der Waals surface area (Å²) in [5.41, 5.74) is 10.4. The lowest BCUT2D eigenvalue weighted by Gasteiger charge is -2.21. The van der Waals surface area contributed by atoms with Crippen LogP contribution in [0.2, 0.25) is 0 Å².